The summed E-state index contributed by atoms with van der Waals surface area (Å²) in [4.78, 5) is 7.85. The topological polar surface area (TPSA) is 61.7 Å². The van der Waals surface area contributed by atoms with Crippen LogP contribution < -0.4 is 4.74 Å². The summed E-state index contributed by atoms with van der Waals surface area (Å²) in [5.41, 5.74) is 6.71. The number of allylic oxidation sites excluding steroid dienone is 1. The molecule has 0 amide bonds. The van der Waals surface area contributed by atoms with Gasteiger partial charge in [0, 0.05) is 0 Å². The van der Waals surface area contributed by atoms with Crippen LogP contribution in [0.1, 0.15) is 54.8 Å². The van der Waals surface area contributed by atoms with Crippen LogP contribution in [0.3, 0.4) is 0 Å². The van der Waals surface area contributed by atoms with Crippen LogP contribution in [0.2, 0.25) is 0 Å². The molecular weight excluding hydrogens is 334 g/mol. The van der Waals surface area contributed by atoms with Crippen LogP contribution in [0, 0.1) is 25.2 Å². The molecule has 0 saturated heterocycles. The summed E-state index contributed by atoms with van der Waals surface area (Å²) in [6, 6.07) is 12.5. The molecule has 0 bridgehead atoms. The number of nitrogens with one attached hydrogen (secondary N) is 1. The summed E-state index contributed by atoms with van der Waals surface area (Å²) in [5, 5.41) is 9.73. The van der Waals surface area contributed by atoms with Crippen molar-refractivity contribution in [3.8, 4) is 11.8 Å². The number of nitriles is 1. The monoisotopic (exact) mass is 359 g/mol. The van der Waals surface area contributed by atoms with Gasteiger partial charge in [0.2, 0.25) is 0 Å². The number of H-pyrrole nitrogens is 1. The molecule has 0 unspecified atom stereocenters. The Kier molecular flexibility index (Phi) is 5.32. The Balaban J connectivity index is 2.09. The molecule has 2 aromatic carbocycles. The third kappa shape index (κ3) is 3.88. The number of hydrogen-bond acceptors (Lipinski definition) is 3. The van der Waals surface area contributed by atoms with Crippen LogP contribution in [-0.2, 0) is 0 Å². The van der Waals surface area contributed by atoms with Gasteiger partial charge in [-0.2, -0.15) is 5.26 Å². The van der Waals surface area contributed by atoms with Crippen molar-refractivity contribution >= 4 is 22.7 Å². The van der Waals surface area contributed by atoms with E-state index in [4.69, 9.17) is 4.74 Å². The Morgan fingerprint density at radius 2 is 2.04 bits per heavy atom. The highest BCUT2D eigenvalue weighted by Gasteiger charge is 2.13. The Morgan fingerprint density at radius 3 is 2.70 bits per heavy atom. The zero-order valence-electron chi connectivity index (χ0n) is 16.6. The lowest BCUT2D eigenvalue weighted by Crippen LogP contribution is -2.00. The van der Waals surface area contributed by atoms with Crippen molar-refractivity contribution in [2.24, 2.45) is 0 Å². The maximum Gasteiger partial charge on any atom is 0.149 e. The molecule has 138 valence electrons. The van der Waals surface area contributed by atoms with E-state index in [9.17, 15) is 5.26 Å². The number of benzene rings is 2. The number of rotatable bonds is 5. The van der Waals surface area contributed by atoms with Crippen molar-refractivity contribution < 1.29 is 4.74 Å². The lowest BCUT2D eigenvalue weighted by atomic mass is 9.95. The SMILES string of the molecule is CCOc1cc(C)c(/C=C(/C#N)c2nc3ccc(C)cc3[nH]2)cc1C(C)C. The van der Waals surface area contributed by atoms with Crippen LogP contribution in [-0.4, -0.2) is 16.6 Å². The number of aryl methyl sites for hydroxylation is 2. The summed E-state index contributed by atoms with van der Waals surface area (Å²) < 4.78 is 5.80. The Bertz CT molecular complexity index is 1050. The molecule has 0 saturated carbocycles. The van der Waals surface area contributed by atoms with Crippen LogP contribution in [0.5, 0.6) is 5.75 Å². The first-order chi connectivity index (χ1) is 12.9. The number of nitrogens with zero attached hydrogens (tertiary/aromatic N) is 2. The molecule has 4 nitrogen and oxygen atoms in total. The van der Waals surface area contributed by atoms with E-state index in [-0.39, 0.29) is 0 Å². The molecule has 1 N–H and O–H groups in total. The summed E-state index contributed by atoms with van der Waals surface area (Å²) in [5.74, 6) is 1.84. The van der Waals surface area contributed by atoms with Crippen molar-refractivity contribution in [2.75, 3.05) is 6.61 Å². The fourth-order valence-corrected chi connectivity index (χ4v) is 3.16. The second-order valence-corrected chi connectivity index (χ2v) is 7.11. The van der Waals surface area contributed by atoms with Crippen LogP contribution >= 0.6 is 0 Å². The van der Waals surface area contributed by atoms with Gasteiger partial charge < -0.3 is 9.72 Å². The smallest absolute Gasteiger partial charge is 0.149 e. The van der Waals surface area contributed by atoms with Gasteiger partial charge in [0.15, 0.2) is 0 Å². The summed E-state index contributed by atoms with van der Waals surface area (Å²) >= 11 is 0. The minimum Gasteiger partial charge on any atom is -0.494 e. The maximum atomic E-state index is 9.73. The van der Waals surface area contributed by atoms with E-state index in [1.165, 1.54) is 0 Å². The quantitative estimate of drug-likeness (QED) is 0.589. The van der Waals surface area contributed by atoms with E-state index < -0.39 is 0 Å². The van der Waals surface area contributed by atoms with Gasteiger partial charge >= 0.3 is 0 Å². The molecule has 0 aliphatic heterocycles. The Labute approximate surface area is 160 Å². The molecule has 4 heteroatoms. The average Bonchev–Trinajstić information content (AvgIpc) is 3.03. The number of hydrogen-bond donors (Lipinski definition) is 1. The average molecular weight is 359 g/mol. The van der Waals surface area contributed by atoms with E-state index in [1.54, 1.807) is 0 Å². The third-order valence-corrected chi connectivity index (χ3v) is 4.63. The number of aromatic nitrogens is 2. The van der Waals surface area contributed by atoms with Gasteiger partial charge in [-0.3, -0.25) is 0 Å². The van der Waals surface area contributed by atoms with E-state index in [1.807, 2.05) is 45.0 Å². The van der Waals surface area contributed by atoms with Gasteiger partial charge in [-0.05, 0) is 79.3 Å². The normalized spacial score (nSPS) is 11.8. The fraction of sp³-hybridized carbons (Fsp3) is 0.304. The van der Waals surface area contributed by atoms with Crippen LogP contribution in [0.4, 0.5) is 0 Å². The number of fused-ring (bicyclic) bond motifs is 1. The van der Waals surface area contributed by atoms with E-state index in [2.05, 4.69) is 42.0 Å². The second-order valence-electron chi connectivity index (χ2n) is 7.11. The summed E-state index contributed by atoms with van der Waals surface area (Å²) in [6.07, 6.45) is 1.90. The molecule has 0 radical (unpaired) electrons. The highest BCUT2D eigenvalue weighted by atomic mass is 16.5. The predicted octanol–water partition coefficient (Wildman–Crippen LogP) is 5.77. The van der Waals surface area contributed by atoms with Crippen LogP contribution in [0.25, 0.3) is 22.7 Å². The largest absolute Gasteiger partial charge is 0.494 e. The molecular formula is C23H25N3O. The molecule has 0 aliphatic rings. The molecule has 0 fully saturated rings. The molecule has 1 heterocycles. The van der Waals surface area contributed by atoms with Crippen molar-refractivity contribution in [3.05, 3.63) is 58.4 Å². The van der Waals surface area contributed by atoms with Gasteiger partial charge in [-0.15, -0.1) is 0 Å². The standard InChI is InChI=1S/C23H25N3O/c1-6-27-22-10-16(5)17(12-19(22)14(2)3)11-18(13-24)23-25-20-8-7-15(4)9-21(20)26-23/h7-12,14H,6H2,1-5H3,(H,25,26)/b18-11-. The molecule has 3 aromatic rings. The minimum atomic E-state index is 0.332. The molecule has 1 aromatic heterocycles. The first kappa shape index (κ1) is 18.7. The van der Waals surface area contributed by atoms with Crippen molar-refractivity contribution in [2.45, 2.75) is 40.5 Å². The van der Waals surface area contributed by atoms with E-state index in [0.29, 0.717) is 23.9 Å². The first-order valence-electron chi connectivity index (χ1n) is 9.28. The van der Waals surface area contributed by atoms with Gasteiger partial charge in [0.05, 0.1) is 23.2 Å². The van der Waals surface area contributed by atoms with Gasteiger partial charge in [0.25, 0.3) is 0 Å². The Hall–Kier alpha value is -3.06. The number of imidazole rings is 1. The van der Waals surface area contributed by atoms with Crippen molar-refractivity contribution in [1.82, 2.24) is 9.97 Å². The van der Waals surface area contributed by atoms with Crippen molar-refractivity contribution in [1.29, 1.82) is 5.26 Å². The van der Waals surface area contributed by atoms with E-state index in [0.717, 1.165) is 39.0 Å². The van der Waals surface area contributed by atoms with Gasteiger partial charge in [-0.1, -0.05) is 19.9 Å². The summed E-state index contributed by atoms with van der Waals surface area (Å²) in [7, 11) is 0. The highest BCUT2D eigenvalue weighted by Crippen LogP contribution is 2.31. The molecule has 27 heavy (non-hydrogen) atoms. The lowest BCUT2D eigenvalue weighted by molar-refractivity contribution is 0.335. The van der Waals surface area contributed by atoms with Gasteiger partial charge in [-0.25, -0.2) is 4.98 Å². The number of ether oxygens (including phenoxy) is 1. The zero-order valence-corrected chi connectivity index (χ0v) is 16.6. The molecule has 0 aliphatic carbocycles. The fourth-order valence-electron chi connectivity index (χ4n) is 3.16. The van der Waals surface area contributed by atoms with E-state index >= 15 is 0 Å². The third-order valence-electron chi connectivity index (χ3n) is 4.63. The zero-order chi connectivity index (χ0) is 19.6. The lowest BCUT2D eigenvalue weighted by Gasteiger charge is -2.16. The van der Waals surface area contributed by atoms with Crippen molar-refractivity contribution in [3.63, 3.8) is 0 Å². The summed E-state index contributed by atoms with van der Waals surface area (Å²) in [6.45, 7) is 11.0. The molecule has 3 rings (SSSR count). The van der Waals surface area contributed by atoms with Crippen LogP contribution in [0.15, 0.2) is 30.3 Å². The minimum absolute atomic E-state index is 0.332. The highest BCUT2D eigenvalue weighted by molar-refractivity contribution is 5.91. The second kappa shape index (κ2) is 7.67. The number of aromatic amines is 1. The molecule has 0 spiro atoms. The predicted molar refractivity (Wildman–Crippen MR) is 111 cm³/mol. The maximum absolute atomic E-state index is 9.73. The Morgan fingerprint density at radius 1 is 1.26 bits per heavy atom. The first-order valence-corrected chi connectivity index (χ1v) is 9.28. The molecule has 0 atom stereocenters. The van der Waals surface area contributed by atoms with Gasteiger partial charge in [0.1, 0.15) is 17.6 Å².